The second kappa shape index (κ2) is 9.65. The average Bonchev–Trinajstić information content (AvgIpc) is 2.84. The Hall–Kier alpha value is -2.71. The van der Waals surface area contributed by atoms with Gasteiger partial charge in [0.15, 0.2) is 0 Å². The van der Waals surface area contributed by atoms with Gasteiger partial charge in [0.2, 0.25) is 5.95 Å². The molecule has 8 nitrogen and oxygen atoms in total. The van der Waals surface area contributed by atoms with Crippen LogP contribution in [0.1, 0.15) is 42.6 Å². The Morgan fingerprint density at radius 1 is 1.12 bits per heavy atom. The number of likely N-dealkylation sites (N-methyl/N-ethyl adjacent to an activating group) is 1. The summed E-state index contributed by atoms with van der Waals surface area (Å²) in [7, 11) is 2.13. The van der Waals surface area contributed by atoms with E-state index in [2.05, 4.69) is 58.3 Å². The fourth-order valence-corrected chi connectivity index (χ4v) is 5.12. The number of aromatic nitrogens is 2. The van der Waals surface area contributed by atoms with Gasteiger partial charge in [0.1, 0.15) is 0 Å². The maximum Gasteiger partial charge on any atom is 0.321 e. The summed E-state index contributed by atoms with van der Waals surface area (Å²) in [5.41, 5.74) is 3.28. The van der Waals surface area contributed by atoms with Crippen LogP contribution >= 0.6 is 0 Å². The fraction of sp³-hybridized carbons (Fsp3) is 0.560. The van der Waals surface area contributed by atoms with Crippen LogP contribution in [0.5, 0.6) is 0 Å². The van der Waals surface area contributed by atoms with E-state index in [1.807, 2.05) is 17.2 Å². The van der Waals surface area contributed by atoms with Crippen LogP contribution in [0.2, 0.25) is 0 Å². The number of hydrogen-bond donors (Lipinski definition) is 1. The van der Waals surface area contributed by atoms with Crippen molar-refractivity contribution >= 4 is 12.0 Å². The van der Waals surface area contributed by atoms with Crippen molar-refractivity contribution in [3.8, 4) is 0 Å². The molecule has 8 heteroatoms. The number of piperazine rings is 1. The van der Waals surface area contributed by atoms with Crippen molar-refractivity contribution in [2.75, 3.05) is 45.2 Å². The van der Waals surface area contributed by atoms with Crippen LogP contribution in [0.4, 0.5) is 10.7 Å². The predicted octanol–water partition coefficient (Wildman–Crippen LogP) is 2.92. The lowest BCUT2D eigenvalue weighted by Crippen LogP contribution is -2.56. The van der Waals surface area contributed by atoms with Gasteiger partial charge >= 0.3 is 6.03 Å². The first kappa shape index (κ1) is 22.1. The zero-order valence-electron chi connectivity index (χ0n) is 19.6. The van der Waals surface area contributed by atoms with Crippen LogP contribution in [-0.4, -0.2) is 82.7 Å². The Morgan fingerprint density at radius 3 is 2.70 bits per heavy atom. The van der Waals surface area contributed by atoms with E-state index >= 15 is 0 Å². The molecule has 3 aliphatic heterocycles. The maximum atomic E-state index is 13.8. The molecule has 0 bridgehead atoms. The molecule has 2 aromatic rings. The van der Waals surface area contributed by atoms with Gasteiger partial charge in [-0.3, -0.25) is 0 Å². The van der Waals surface area contributed by atoms with Crippen LogP contribution in [0.25, 0.3) is 0 Å². The zero-order valence-corrected chi connectivity index (χ0v) is 19.6. The van der Waals surface area contributed by atoms with Gasteiger partial charge in [-0.15, -0.1) is 0 Å². The average molecular weight is 451 g/mol. The second-order valence-electron chi connectivity index (χ2n) is 9.54. The number of nitrogens with zero attached hydrogens (tertiary/aromatic N) is 5. The summed E-state index contributed by atoms with van der Waals surface area (Å²) in [6, 6.07) is 11.0. The molecule has 176 valence electrons. The van der Waals surface area contributed by atoms with Crippen LogP contribution in [0, 0.1) is 0 Å². The van der Waals surface area contributed by atoms with E-state index in [1.165, 1.54) is 5.56 Å². The molecule has 33 heavy (non-hydrogen) atoms. The fourth-order valence-electron chi connectivity index (χ4n) is 5.12. The molecule has 2 saturated heterocycles. The molecule has 1 aromatic carbocycles. The van der Waals surface area contributed by atoms with Gasteiger partial charge in [-0.1, -0.05) is 30.3 Å². The van der Waals surface area contributed by atoms with Gasteiger partial charge in [-0.25, -0.2) is 14.8 Å². The highest BCUT2D eigenvalue weighted by Crippen LogP contribution is 2.30. The monoisotopic (exact) mass is 450 g/mol. The van der Waals surface area contributed by atoms with Crippen molar-refractivity contribution in [3.05, 3.63) is 53.3 Å². The number of fused-ring (bicyclic) bond motifs is 1. The van der Waals surface area contributed by atoms with Crippen LogP contribution < -0.4 is 5.32 Å². The largest absolute Gasteiger partial charge is 0.381 e. The summed E-state index contributed by atoms with van der Waals surface area (Å²) in [6.07, 6.45) is 4.64. The lowest BCUT2D eigenvalue weighted by molar-refractivity contribution is 0.0717. The lowest BCUT2D eigenvalue weighted by Gasteiger charge is -2.44. The summed E-state index contributed by atoms with van der Waals surface area (Å²) >= 11 is 0. The third kappa shape index (κ3) is 4.82. The topological polar surface area (TPSA) is 73.8 Å². The first-order chi connectivity index (χ1) is 16.1. The lowest BCUT2D eigenvalue weighted by atomic mass is 9.99. The highest BCUT2D eigenvalue weighted by molar-refractivity contribution is 5.76. The first-order valence-corrected chi connectivity index (χ1v) is 12.1. The van der Waals surface area contributed by atoms with Crippen molar-refractivity contribution in [2.24, 2.45) is 0 Å². The molecule has 5 rings (SSSR count). The zero-order chi connectivity index (χ0) is 22.8. The molecule has 2 fully saturated rings. The maximum absolute atomic E-state index is 13.8. The van der Waals surface area contributed by atoms with Gasteiger partial charge in [0.05, 0.1) is 18.3 Å². The summed E-state index contributed by atoms with van der Waals surface area (Å²) < 4.78 is 5.45. The number of carbonyl (C=O) groups excluding carboxylic acids is 1. The van der Waals surface area contributed by atoms with E-state index < -0.39 is 0 Å². The van der Waals surface area contributed by atoms with Gasteiger partial charge in [0, 0.05) is 51.1 Å². The number of amides is 2. The minimum atomic E-state index is 0.0576. The highest BCUT2D eigenvalue weighted by Gasteiger charge is 2.36. The number of anilines is 1. The number of rotatable bonds is 3. The Labute approximate surface area is 195 Å². The quantitative estimate of drug-likeness (QED) is 0.775. The Bertz CT molecular complexity index is 965. The third-order valence-electron chi connectivity index (χ3n) is 7.14. The number of nitrogens with one attached hydrogen (secondary N) is 1. The van der Waals surface area contributed by atoms with E-state index in [0.29, 0.717) is 18.5 Å². The number of hydrogen-bond acceptors (Lipinski definition) is 6. The molecule has 1 aromatic heterocycles. The normalized spacial score (nSPS) is 24.4. The molecule has 1 N–H and O–H groups in total. The number of ether oxygens (including phenoxy) is 1. The van der Waals surface area contributed by atoms with Crippen LogP contribution in [0.3, 0.4) is 0 Å². The van der Waals surface area contributed by atoms with Crippen molar-refractivity contribution in [1.29, 1.82) is 0 Å². The van der Waals surface area contributed by atoms with E-state index in [-0.39, 0.29) is 18.1 Å². The Balaban J connectivity index is 1.34. The van der Waals surface area contributed by atoms with Gasteiger partial charge in [-0.05, 0) is 44.4 Å². The van der Waals surface area contributed by atoms with E-state index in [4.69, 9.17) is 9.72 Å². The van der Waals surface area contributed by atoms with E-state index in [1.54, 1.807) is 0 Å². The molecule has 4 heterocycles. The molecule has 0 unspecified atom stereocenters. The molecule has 0 saturated carbocycles. The standard InChI is InChI=1S/C25H34N6O2/c1-18-14-20-15-26-24(27-21-8-12-33-13-9-21)28-22(20)16-31(18)25(32)30-11-10-29(2)17-23(30)19-6-4-3-5-7-19/h3-7,15,18,21,23H,8-14,16-17H2,1-2H3,(H,26,27,28)/t18-,23+/m0/s1. The summed E-state index contributed by atoms with van der Waals surface area (Å²) in [5, 5.41) is 3.46. The molecule has 0 spiro atoms. The third-order valence-corrected chi connectivity index (χ3v) is 7.14. The molecule has 2 atom stereocenters. The minimum absolute atomic E-state index is 0.0576. The highest BCUT2D eigenvalue weighted by atomic mass is 16.5. The van der Waals surface area contributed by atoms with Crippen molar-refractivity contribution in [3.63, 3.8) is 0 Å². The number of carbonyl (C=O) groups is 1. The minimum Gasteiger partial charge on any atom is -0.381 e. The van der Waals surface area contributed by atoms with Gasteiger partial charge in [-0.2, -0.15) is 0 Å². The molecule has 0 radical (unpaired) electrons. The van der Waals surface area contributed by atoms with Crippen molar-refractivity contribution in [1.82, 2.24) is 24.7 Å². The van der Waals surface area contributed by atoms with Crippen LogP contribution in [0.15, 0.2) is 36.5 Å². The molecule has 3 aliphatic rings. The van der Waals surface area contributed by atoms with Crippen molar-refractivity contribution in [2.45, 2.75) is 50.9 Å². The summed E-state index contributed by atoms with van der Waals surface area (Å²) in [4.78, 5) is 29.6. The second-order valence-corrected chi connectivity index (χ2v) is 9.54. The smallest absolute Gasteiger partial charge is 0.321 e. The predicted molar refractivity (Wildman–Crippen MR) is 127 cm³/mol. The van der Waals surface area contributed by atoms with E-state index in [9.17, 15) is 4.79 Å². The summed E-state index contributed by atoms with van der Waals surface area (Å²) in [5.74, 6) is 0.657. The van der Waals surface area contributed by atoms with E-state index in [0.717, 1.165) is 63.4 Å². The molecular formula is C25H34N6O2. The summed E-state index contributed by atoms with van der Waals surface area (Å²) in [6.45, 7) is 6.65. The number of benzene rings is 1. The SMILES string of the molecule is C[C@H]1Cc2cnc(NC3CCOCC3)nc2CN1C(=O)N1CCN(C)C[C@@H]1c1ccccc1. The Kier molecular flexibility index (Phi) is 6.46. The first-order valence-electron chi connectivity index (χ1n) is 12.1. The molecule has 0 aliphatic carbocycles. The molecule has 2 amide bonds. The Morgan fingerprint density at radius 2 is 1.91 bits per heavy atom. The van der Waals surface area contributed by atoms with Gasteiger partial charge in [0.25, 0.3) is 0 Å². The van der Waals surface area contributed by atoms with Gasteiger partial charge < -0.3 is 24.8 Å². The number of urea groups is 1. The molecular weight excluding hydrogens is 416 g/mol. The van der Waals surface area contributed by atoms with Crippen LogP contribution in [-0.2, 0) is 17.7 Å². The van der Waals surface area contributed by atoms with Crippen molar-refractivity contribution < 1.29 is 9.53 Å².